The fraction of sp³-hybridized carbons (Fsp3) is 0.333. The molecule has 1 aliphatic carbocycles. The van der Waals surface area contributed by atoms with Crippen molar-refractivity contribution in [3.63, 3.8) is 0 Å². The maximum atomic E-state index is 9.62. The Kier molecular flexibility index (Phi) is 3.39. The molecule has 2 aromatic rings. The third-order valence-electron chi connectivity index (χ3n) is 4.16. The summed E-state index contributed by atoms with van der Waals surface area (Å²) in [5, 5.41) is 13.3. The van der Waals surface area contributed by atoms with Crippen LogP contribution < -0.4 is 5.32 Å². The summed E-state index contributed by atoms with van der Waals surface area (Å²) in [6.07, 6.45) is 3.37. The largest absolute Gasteiger partial charge is 0.508 e. The number of hydrogen-bond acceptors (Lipinski definition) is 2. The Labute approximate surface area is 120 Å². The Morgan fingerprint density at radius 1 is 1.10 bits per heavy atom. The van der Waals surface area contributed by atoms with Crippen LogP contribution in [0.5, 0.6) is 5.75 Å². The van der Waals surface area contributed by atoms with E-state index in [1.165, 1.54) is 34.4 Å². The highest BCUT2D eigenvalue weighted by molar-refractivity contribution is 5.55. The van der Waals surface area contributed by atoms with Crippen LogP contribution in [0.2, 0.25) is 0 Å². The van der Waals surface area contributed by atoms with E-state index in [4.69, 9.17) is 0 Å². The topological polar surface area (TPSA) is 32.3 Å². The van der Waals surface area contributed by atoms with Crippen molar-refractivity contribution < 1.29 is 5.11 Å². The van der Waals surface area contributed by atoms with Crippen LogP contribution in [0.15, 0.2) is 36.4 Å². The molecular formula is C18H21NO. The summed E-state index contributed by atoms with van der Waals surface area (Å²) < 4.78 is 0. The zero-order chi connectivity index (χ0) is 14.1. The standard InChI is InChI=1S/C18H21NO/c1-12-6-7-13(2)18(10-12)19-17-5-3-4-14-11-15(20)8-9-16(14)17/h6-11,17,19-20H,3-5H2,1-2H3. The average Bonchev–Trinajstić information content (AvgIpc) is 2.43. The molecule has 0 fully saturated rings. The highest BCUT2D eigenvalue weighted by Gasteiger charge is 2.20. The molecule has 20 heavy (non-hydrogen) atoms. The van der Waals surface area contributed by atoms with E-state index in [9.17, 15) is 5.11 Å². The van der Waals surface area contributed by atoms with Crippen molar-refractivity contribution in [1.82, 2.24) is 0 Å². The minimum Gasteiger partial charge on any atom is -0.508 e. The van der Waals surface area contributed by atoms with Crippen LogP contribution in [0, 0.1) is 13.8 Å². The maximum absolute atomic E-state index is 9.62. The highest BCUT2D eigenvalue weighted by atomic mass is 16.3. The summed E-state index contributed by atoms with van der Waals surface area (Å²) in [5.74, 6) is 0.371. The van der Waals surface area contributed by atoms with E-state index >= 15 is 0 Å². The van der Waals surface area contributed by atoms with Gasteiger partial charge in [-0.3, -0.25) is 0 Å². The first-order valence-electron chi connectivity index (χ1n) is 7.29. The Hall–Kier alpha value is -1.96. The predicted molar refractivity (Wildman–Crippen MR) is 83.3 cm³/mol. The van der Waals surface area contributed by atoms with E-state index in [1.54, 1.807) is 6.07 Å². The molecule has 0 aromatic heterocycles. The SMILES string of the molecule is Cc1ccc(C)c(NC2CCCc3cc(O)ccc32)c1. The highest BCUT2D eigenvalue weighted by Crippen LogP contribution is 2.35. The monoisotopic (exact) mass is 267 g/mol. The van der Waals surface area contributed by atoms with Gasteiger partial charge in [-0.2, -0.15) is 0 Å². The second-order valence-electron chi connectivity index (χ2n) is 5.79. The smallest absolute Gasteiger partial charge is 0.115 e. The van der Waals surface area contributed by atoms with Gasteiger partial charge in [0.1, 0.15) is 5.75 Å². The molecule has 2 aromatic carbocycles. The first-order chi connectivity index (χ1) is 9.63. The van der Waals surface area contributed by atoms with Gasteiger partial charge in [0.2, 0.25) is 0 Å². The van der Waals surface area contributed by atoms with Crippen LogP contribution in [-0.2, 0) is 6.42 Å². The lowest BCUT2D eigenvalue weighted by atomic mass is 9.87. The molecule has 0 saturated carbocycles. The quantitative estimate of drug-likeness (QED) is 0.839. The molecule has 2 nitrogen and oxygen atoms in total. The maximum Gasteiger partial charge on any atom is 0.115 e. The lowest BCUT2D eigenvalue weighted by Crippen LogP contribution is -2.17. The van der Waals surface area contributed by atoms with Crippen molar-refractivity contribution in [2.45, 2.75) is 39.2 Å². The molecule has 0 heterocycles. The number of benzene rings is 2. The minimum atomic E-state index is 0.347. The number of anilines is 1. The summed E-state index contributed by atoms with van der Waals surface area (Å²) in [4.78, 5) is 0. The van der Waals surface area contributed by atoms with Crippen LogP contribution in [0.3, 0.4) is 0 Å². The zero-order valence-electron chi connectivity index (χ0n) is 12.1. The minimum absolute atomic E-state index is 0.347. The Morgan fingerprint density at radius 2 is 1.95 bits per heavy atom. The second kappa shape index (κ2) is 5.20. The van der Waals surface area contributed by atoms with Crippen molar-refractivity contribution in [1.29, 1.82) is 0 Å². The van der Waals surface area contributed by atoms with Gasteiger partial charge in [-0.05, 0) is 73.6 Å². The Morgan fingerprint density at radius 3 is 2.80 bits per heavy atom. The van der Waals surface area contributed by atoms with E-state index in [1.807, 2.05) is 6.07 Å². The second-order valence-corrected chi connectivity index (χ2v) is 5.79. The van der Waals surface area contributed by atoms with Gasteiger partial charge in [0.15, 0.2) is 0 Å². The van der Waals surface area contributed by atoms with Gasteiger partial charge < -0.3 is 10.4 Å². The van der Waals surface area contributed by atoms with Gasteiger partial charge in [0.25, 0.3) is 0 Å². The lowest BCUT2D eigenvalue weighted by molar-refractivity contribution is 0.472. The van der Waals surface area contributed by atoms with Gasteiger partial charge in [0, 0.05) is 5.69 Å². The Bertz CT molecular complexity index is 633. The molecular weight excluding hydrogens is 246 g/mol. The molecule has 104 valence electrons. The number of phenols is 1. The predicted octanol–water partition coefficient (Wildman–Crippen LogP) is 4.50. The van der Waals surface area contributed by atoms with E-state index in [-0.39, 0.29) is 0 Å². The third-order valence-corrected chi connectivity index (χ3v) is 4.16. The van der Waals surface area contributed by atoms with Crippen molar-refractivity contribution in [3.8, 4) is 5.75 Å². The molecule has 1 atom stereocenters. The number of aryl methyl sites for hydroxylation is 3. The fourth-order valence-electron chi connectivity index (χ4n) is 3.03. The van der Waals surface area contributed by atoms with Crippen molar-refractivity contribution in [3.05, 3.63) is 58.7 Å². The number of aromatic hydroxyl groups is 1. The summed E-state index contributed by atoms with van der Waals surface area (Å²) in [6.45, 7) is 4.26. The molecule has 0 radical (unpaired) electrons. The van der Waals surface area contributed by atoms with Gasteiger partial charge >= 0.3 is 0 Å². The number of fused-ring (bicyclic) bond motifs is 1. The van der Waals surface area contributed by atoms with E-state index < -0.39 is 0 Å². The third kappa shape index (κ3) is 2.51. The first kappa shape index (κ1) is 13.0. The zero-order valence-corrected chi connectivity index (χ0v) is 12.1. The van der Waals surface area contributed by atoms with Crippen LogP contribution in [-0.4, -0.2) is 5.11 Å². The van der Waals surface area contributed by atoms with Crippen molar-refractivity contribution in [2.24, 2.45) is 0 Å². The molecule has 0 amide bonds. The number of phenolic OH excluding ortho intramolecular Hbond substituents is 1. The first-order valence-corrected chi connectivity index (χ1v) is 7.29. The van der Waals surface area contributed by atoms with Crippen molar-refractivity contribution in [2.75, 3.05) is 5.32 Å². The molecule has 3 rings (SSSR count). The van der Waals surface area contributed by atoms with Crippen molar-refractivity contribution >= 4 is 5.69 Å². The lowest BCUT2D eigenvalue weighted by Gasteiger charge is -2.28. The number of hydrogen-bond donors (Lipinski definition) is 2. The fourth-order valence-corrected chi connectivity index (χ4v) is 3.03. The van der Waals surface area contributed by atoms with Crippen LogP contribution in [0.25, 0.3) is 0 Å². The average molecular weight is 267 g/mol. The normalized spacial score (nSPS) is 17.6. The van der Waals surface area contributed by atoms with Gasteiger partial charge in [-0.1, -0.05) is 18.2 Å². The van der Waals surface area contributed by atoms with Gasteiger partial charge in [0.05, 0.1) is 6.04 Å². The summed E-state index contributed by atoms with van der Waals surface area (Å²) in [7, 11) is 0. The van der Waals surface area contributed by atoms with Crippen LogP contribution >= 0.6 is 0 Å². The summed E-state index contributed by atoms with van der Waals surface area (Å²) in [5.41, 5.74) is 6.38. The van der Waals surface area contributed by atoms with E-state index in [2.05, 4.69) is 43.4 Å². The van der Waals surface area contributed by atoms with Crippen LogP contribution in [0.1, 0.15) is 41.1 Å². The van der Waals surface area contributed by atoms with Gasteiger partial charge in [-0.15, -0.1) is 0 Å². The summed E-state index contributed by atoms with van der Waals surface area (Å²) >= 11 is 0. The van der Waals surface area contributed by atoms with E-state index in [0.717, 1.165) is 12.8 Å². The molecule has 0 aliphatic heterocycles. The molecule has 0 bridgehead atoms. The van der Waals surface area contributed by atoms with Crippen LogP contribution in [0.4, 0.5) is 5.69 Å². The molecule has 2 heteroatoms. The molecule has 1 unspecified atom stereocenters. The number of nitrogens with one attached hydrogen (secondary N) is 1. The molecule has 2 N–H and O–H groups in total. The Balaban J connectivity index is 1.91. The molecule has 0 saturated heterocycles. The van der Waals surface area contributed by atoms with E-state index in [0.29, 0.717) is 11.8 Å². The summed E-state index contributed by atoms with van der Waals surface area (Å²) in [6, 6.07) is 12.6. The van der Waals surface area contributed by atoms with Gasteiger partial charge in [-0.25, -0.2) is 0 Å². The molecule has 1 aliphatic rings. The number of rotatable bonds is 2. The molecule has 0 spiro atoms.